The second-order valence-electron chi connectivity index (χ2n) is 4.99. The number of benzene rings is 2. The van der Waals surface area contributed by atoms with E-state index in [1.807, 2.05) is 49.4 Å². The van der Waals surface area contributed by atoms with Crippen molar-refractivity contribution in [3.05, 3.63) is 59.8 Å². The van der Waals surface area contributed by atoms with Crippen LogP contribution in [-0.4, -0.2) is 15.7 Å². The van der Waals surface area contributed by atoms with E-state index in [2.05, 4.69) is 5.10 Å². The summed E-state index contributed by atoms with van der Waals surface area (Å²) in [5.41, 5.74) is 2.91. The fraction of sp³-hybridized carbons (Fsp3) is 0.176. The molecule has 3 rings (SSSR count). The number of aryl methyl sites for hydroxylation is 1. The molecule has 0 fully saturated rings. The highest BCUT2D eigenvalue weighted by atomic mass is 16.5. The fourth-order valence-corrected chi connectivity index (χ4v) is 2.36. The van der Waals surface area contributed by atoms with Crippen LogP contribution in [0.15, 0.2) is 48.7 Å². The highest BCUT2D eigenvalue weighted by Gasteiger charge is 2.13. The smallest absolute Gasteiger partial charge is 0.244 e. The molecule has 4 heteroatoms. The highest BCUT2D eigenvalue weighted by molar-refractivity contribution is 5.93. The van der Waals surface area contributed by atoms with E-state index in [9.17, 15) is 4.79 Å². The summed E-state index contributed by atoms with van der Waals surface area (Å²) in [6.07, 6.45) is 1.68. The predicted molar refractivity (Wildman–Crippen MR) is 81.5 cm³/mol. The van der Waals surface area contributed by atoms with E-state index in [4.69, 9.17) is 4.74 Å². The van der Waals surface area contributed by atoms with Crippen LogP contribution < -0.4 is 4.74 Å². The zero-order valence-electron chi connectivity index (χ0n) is 12.0. The third-order valence-electron chi connectivity index (χ3n) is 3.42. The molecule has 1 heterocycles. The van der Waals surface area contributed by atoms with Gasteiger partial charge in [0.05, 0.1) is 17.1 Å². The summed E-state index contributed by atoms with van der Waals surface area (Å²) in [7, 11) is 0. The lowest BCUT2D eigenvalue weighted by Crippen LogP contribution is -2.06. The molecule has 4 nitrogen and oxygen atoms in total. The molecular formula is C17H16N2O2. The Labute approximate surface area is 123 Å². The predicted octanol–water partition coefficient (Wildman–Crippen LogP) is 3.58. The average Bonchev–Trinajstić information content (AvgIpc) is 2.91. The number of nitrogens with zero attached hydrogens (tertiary/aromatic N) is 2. The molecule has 106 valence electrons. The van der Waals surface area contributed by atoms with Crippen molar-refractivity contribution in [1.82, 2.24) is 9.78 Å². The van der Waals surface area contributed by atoms with Gasteiger partial charge in [0.1, 0.15) is 12.4 Å². The third kappa shape index (κ3) is 2.52. The van der Waals surface area contributed by atoms with E-state index >= 15 is 0 Å². The summed E-state index contributed by atoms with van der Waals surface area (Å²) in [5, 5.41) is 5.00. The second-order valence-corrected chi connectivity index (χ2v) is 4.99. The third-order valence-corrected chi connectivity index (χ3v) is 3.42. The average molecular weight is 280 g/mol. The second kappa shape index (κ2) is 5.40. The van der Waals surface area contributed by atoms with Crippen LogP contribution in [-0.2, 0) is 6.61 Å². The van der Waals surface area contributed by atoms with Crippen LogP contribution >= 0.6 is 0 Å². The molecule has 0 N–H and O–H groups in total. The first-order chi connectivity index (χ1) is 10.2. The van der Waals surface area contributed by atoms with Crippen molar-refractivity contribution < 1.29 is 9.53 Å². The Morgan fingerprint density at radius 3 is 2.67 bits per heavy atom. The van der Waals surface area contributed by atoms with Gasteiger partial charge < -0.3 is 4.74 Å². The zero-order valence-corrected chi connectivity index (χ0v) is 12.0. The van der Waals surface area contributed by atoms with Gasteiger partial charge in [-0.1, -0.05) is 36.4 Å². The number of ether oxygens (including phenoxy) is 1. The van der Waals surface area contributed by atoms with Crippen LogP contribution in [0.2, 0.25) is 0 Å². The van der Waals surface area contributed by atoms with Crippen molar-refractivity contribution in [2.75, 3.05) is 0 Å². The monoisotopic (exact) mass is 280 g/mol. The SMILES string of the molecule is CC(=O)n1ncc2c(OCc3ccccc3)c(C)ccc21. The maximum atomic E-state index is 11.6. The Hall–Kier alpha value is -2.62. The van der Waals surface area contributed by atoms with E-state index in [0.29, 0.717) is 6.61 Å². The molecule has 2 aromatic carbocycles. The molecule has 0 atom stereocenters. The summed E-state index contributed by atoms with van der Waals surface area (Å²) >= 11 is 0. The molecule has 0 aliphatic heterocycles. The molecule has 3 aromatic rings. The first kappa shape index (κ1) is 13.4. The zero-order chi connectivity index (χ0) is 14.8. The van der Waals surface area contributed by atoms with E-state index in [-0.39, 0.29) is 5.91 Å². The van der Waals surface area contributed by atoms with Crippen LogP contribution in [0.4, 0.5) is 0 Å². The summed E-state index contributed by atoms with van der Waals surface area (Å²) in [6.45, 7) is 3.98. The molecule has 0 bridgehead atoms. The molecule has 0 aliphatic carbocycles. The van der Waals surface area contributed by atoms with E-state index in [1.54, 1.807) is 6.20 Å². The lowest BCUT2D eigenvalue weighted by Gasteiger charge is -2.10. The van der Waals surface area contributed by atoms with Gasteiger partial charge >= 0.3 is 0 Å². The summed E-state index contributed by atoms with van der Waals surface area (Å²) in [6, 6.07) is 13.8. The fourth-order valence-electron chi connectivity index (χ4n) is 2.36. The van der Waals surface area contributed by atoms with Gasteiger partial charge in [0.15, 0.2) is 0 Å². The van der Waals surface area contributed by atoms with Crippen molar-refractivity contribution in [1.29, 1.82) is 0 Å². The molecular weight excluding hydrogens is 264 g/mol. The molecule has 0 saturated carbocycles. The molecule has 0 saturated heterocycles. The lowest BCUT2D eigenvalue weighted by molar-refractivity contribution is 0.0927. The van der Waals surface area contributed by atoms with E-state index in [0.717, 1.165) is 27.8 Å². The quantitative estimate of drug-likeness (QED) is 0.736. The first-order valence-electron chi connectivity index (χ1n) is 6.82. The van der Waals surface area contributed by atoms with Gasteiger partial charge in [-0.3, -0.25) is 4.79 Å². The molecule has 0 aliphatic rings. The number of hydrogen-bond donors (Lipinski definition) is 0. The van der Waals surface area contributed by atoms with Crippen LogP contribution in [0, 0.1) is 6.92 Å². The summed E-state index contributed by atoms with van der Waals surface area (Å²) in [5.74, 6) is 0.673. The number of aromatic nitrogens is 2. The number of rotatable bonds is 3. The van der Waals surface area contributed by atoms with Crippen molar-refractivity contribution in [3.63, 3.8) is 0 Å². The van der Waals surface area contributed by atoms with Crippen molar-refractivity contribution in [2.24, 2.45) is 0 Å². The number of hydrogen-bond acceptors (Lipinski definition) is 3. The number of fused-ring (bicyclic) bond motifs is 1. The molecule has 0 spiro atoms. The Kier molecular flexibility index (Phi) is 3.44. The summed E-state index contributed by atoms with van der Waals surface area (Å²) in [4.78, 5) is 11.6. The molecule has 0 amide bonds. The van der Waals surface area contributed by atoms with Gasteiger partial charge in [-0.25, -0.2) is 4.68 Å². The van der Waals surface area contributed by atoms with Gasteiger partial charge in [-0.05, 0) is 24.1 Å². The largest absolute Gasteiger partial charge is 0.488 e. The minimum Gasteiger partial charge on any atom is -0.488 e. The van der Waals surface area contributed by atoms with Crippen LogP contribution in [0.1, 0.15) is 22.8 Å². The van der Waals surface area contributed by atoms with Crippen LogP contribution in [0.3, 0.4) is 0 Å². The minimum atomic E-state index is -0.108. The highest BCUT2D eigenvalue weighted by Crippen LogP contribution is 2.30. The van der Waals surface area contributed by atoms with E-state index in [1.165, 1.54) is 11.6 Å². The minimum absolute atomic E-state index is 0.108. The van der Waals surface area contributed by atoms with Gasteiger partial charge in [0.25, 0.3) is 0 Å². The molecule has 0 radical (unpaired) electrons. The molecule has 21 heavy (non-hydrogen) atoms. The number of carbonyl (C=O) groups excluding carboxylic acids is 1. The maximum Gasteiger partial charge on any atom is 0.244 e. The van der Waals surface area contributed by atoms with Crippen molar-refractivity contribution in [3.8, 4) is 5.75 Å². The maximum absolute atomic E-state index is 11.6. The standard InChI is InChI=1S/C17H16N2O2/c1-12-8-9-16-15(10-18-19(16)13(2)20)17(12)21-11-14-6-4-3-5-7-14/h3-10H,11H2,1-2H3. The summed E-state index contributed by atoms with van der Waals surface area (Å²) < 4.78 is 7.36. The van der Waals surface area contributed by atoms with Gasteiger partial charge in [0, 0.05) is 6.92 Å². The Morgan fingerprint density at radius 2 is 1.95 bits per heavy atom. The van der Waals surface area contributed by atoms with Crippen LogP contribution in [0.25, 0.3) is 10.9 Å². The topological polar surface area (TPSA) is 44.1 Å². The normalized spacial score (nSPS) is 10.8. The first-order valence-corrected chi connectivity index (χ1v) is 6.82. The molecule has 1 aromatic heterocycles. The lowest BCUT2D eigenvalue weighted by atomic mass is 10.1. The van der Waals surface area contributed by atoms with Crippen molar-refractivity contribution in [2.45, 2.75) is 20.5 Å². The van der Waals surface area contributed by atoms with Crippen molar-refractivity contribution >= 4 is 16.8 Å². The Balaban J connectivity index is 1.97. The van der Waals surface area contributed by atoms with Gasteiger partial charge in [0.2, 0.25) is 5.91 Å². The number of carbonyl (C=O) groups is 1. The Bertz CT molecular complexity index is 791. The Morgan fingerprint density at radius 1 is 1.19 bits per heavy atom. The molecule has 0 unspecified atom stereocenters. The van der Waals surface area contributed by atoms with Gasteiger partial charge in [-0.2, -0.15) is 5.10 Å². The van der Waals surface area contributed by atoms with E-state index < -0.39 is 0 Å². The van der Waals surface area contributed by atoms with Crippen LogP contribution in [0.5, 0.6) is 5.75 Å². The van der Waals surface area contributed by atoms with Gasteiger partial charge in [-0.15, -0.1) is 0 Å².